The van der Waals surface area contributed by atoms with E-state index in [0.717, 1.165) is 37.4 Å². The Kier molecular flexibility index (Phi) is 7.21. The van der Waals surface area contributed by atoms with Crippen molar-refractivity contribution in [3.05, 3.63) is 112 Å². The van der Waals surface area contributed by atoms with E-state index in [2.05, 4.69) is 34.4 Å². The molecule has 7 heteroatoms. The highest BCUT2D eigenvalue weighted by molar-refractivity contribution is 6.04. The van der Waals surface area contributed by atoms with E-state index in [9.17, 15) is 9.59 Å². The van der Waals surface area contributed by atoms with Crippen LogP contribution in [0.15, 0.2) is 83.7 Å². The molecule has 1 aromatic heterocycles. The lowest BCUT2D eigenvalue weighted by Crippen LogP contribution is -2.40. The Morgan fingerprint density at radius 2 is 1.67 bits per heavy atom. The van der Waals surface area contributed by atoms with Crippen molar-refractivity contribution in [1.82, 2.24) is 20.0 Å². The summed E-state index contributed by atoms with van der Waals surface area (Å²) >= 11 is 0. The van der Waals surface area contributed by atoms with Crippen LogP contribution in [0, 0.1) is 0 Å². The van der Waals surface area contributed by atoms with Gasteiger partial charge in [0.05, 0.1) is 24.6 Å². The summed E-state index contributed by atoms with van der Waals surface area (Å²) in [4.78, 5) is 28.7. The third kappa shape index (κ3) is 5.53. The molecule has 1 fully saturated rings. The van der Waals surface area contributed by atoms with Crippen LogP contribution < -0.4 is 10.9 Å². The number of aromatic nitrogens is 2. The quantitative estimate of drug-likeness (QED) is 0.436. The van der Waals surface area contributed by atoms with Gasteiger partial charge in [-0.2, -0.15) is 5.10 Å². The zero-order chi connectivity index (χ0) is 24.9. The standard InChI is InChI=1S/C29H30N4O3/c1-21-18-32(14-15-36-21)19-24-11-7-10-23(16-24)17-30-28(34)27-25-12-5-6-13-26(25)29(35)33(31-27)20-22-8-3-2-4-9-22/h2-13,16,21H,14-15,17-20H2,1H3,(H,30,34). The Labute approximate surface area is 210 Å². The maximum atomic E-state index is 13.3. The van der Waals surface area contributed by atoms with E-state index < -0.39 is 0 Å². The highest BCUT2D eigenvalue weighted by Crippen LogP contribution is 2.15. The summed E-state index contributed by atoms with van der Waals surface area (Å²) in [6.45, 7) is 6.21. The summed E-state index contributed by atoms with van der Waals surface area (Å²) in [5.74, 6) is -0.305. The summed E-state index contributed by atoms with van der Waals surface area (Å²) in [7, 11) is 0. The number of nitrogens with one attached hydrogen (secondary N) is 1. The van der Waals surface area contributed by atoms with Crippen molar-refractivity contribution < 1.29 is 9.53 Å². The molecule has 2 heterocycles. The predicted molar refractivity (Wildman–Crippen MR) is 140 cm³/mol. The van der Waals surface area contributed by atoms with E-state index in [-0.39, 0.29) is 23.3 Å². The fourth-order valence-electron chi connectivity index (χ4n) is 4.66. The van der Waals surface area contributed by atoms with Crippen molar-refractivity contribution in [2.45, 2.75) is 32.7 Å². The minimum atomic E-state index is -0.305. The molecule has 7 nitrogen and oxygen atoms in total. The molecule has 0 bridgehead atoms. The van der Waals surface area contributed by atoms with Crippen molar-refractivity contribution in [3.63, 3.8) is 0 Å². The maximum Gasteiger partial charge on any atom is 0.274 e. The van der Waals surface area contributed by atoms with Gasteiger partial charge in [-0.15, -0.1) is 0 Å². The number of amides is 1. The number of hydrogen-bond donors (Lipinski definition) is 1. The highest BCUT2D eigenvalue weighted by atomic mass is 16.5. The SMILES string of the molecule is CC1CN(Cc2cccc(CNC(=O)c3nn(Cc4ccccc4)c(=O)c4ccccc34)c2)CCO1. The average molecular weight is 483 g/mol. The minimum absolute atomic E-state index is 0.212. The van der Waals surface area contributed by atoms with Gasteiger partial charge in [0.1, 0.15) is 0 Å². The fraction of sp³-hybridized carbons (Fsp3) is 0.276. The van der Waals surface area contributed by atoms with E-state index >= 15 is 0 Å². The number of carbonyl (C=O) groups excluding carboxylic acids is 1. The van der Waals surface area contributed by atoms with E-state index in [0.29, 0.717) is 23.9 Å². The Bertz CT molecular complexity index is 1420. The Hall–Kier alpha value is -3.81. The number of nitrogens with zero attached hydrogens (tertiary/aromatic N) is 3. The van der Waals surface area contributed by atoms with E-state index in [1.165, 1.54) is 10.2 Å². The van der Waals surface area contributed by atoms with E-state index in [4.69, 9.17) is 4.74 Å². The largest absolute Gasteiger partial charge is 0.376 e. The first kappa shape index (κ1) is 23.9. The summed E-state index contributed by atoms with van der Waals surface area (Å²) < 4.78 is 7.01. The minimum Gasteiger partial charge on any atom is -0.376 e. The molecule has 184 valence electrons. The van der Waals surface area contributed by atoms with Crippen molar-refractivity contribution in [2.75, 3.05) is 19.7 Å². The molecule has 4 aromatic rings. The van der Waals surface area contributed by atoms with Gasteiger partial charge in [0.15, 0.2) is 5.69 Å². The summed E-state index contributed by atoms with van der Waals surface area (Å²) in [6.07, 6.45) is 0.244. The van der Waals surface area contributed by atoms with Gasteiger partial charge in [-0.3, -0.25) is 14.5 Å². The van der Waals surface area contributed by atoms with Crippen molar-refractivity contribution >= 4 is 16.7 Å². The van der Waals surface area contributed by atoms with Crippen molar-refractivity contribution in [1.29, 1.82) is 0 Å². The first-order chi connectivity index (χ1) is 17.6. The molecular weight excluding hydrogens is 452 g/mol. The van der Waals surface area contributed by atoms with Crippen molar-refractivity contribution in [2.24, 2.45) is 0 Å². The third-order valence-electron chi connectivity index (χ3n) is 6.43. The van der Waals surface area contributed by atoms with Gasteiger partial charge in [-0.25, -0.2) is 4.68 Å². The van der Waals surface area contributed by atoms with Crippen LogP contribution in [0.2, 0.25) is 0 Å². The number of ether oxygens (including phenoxy) is 1. The molecule has 1 saturated heterocycles. The number of carbonyl (C=O) groups is 1. The second-order valence-corrected chi connectivity index (χ2v) is 9.26. The monoisotopic (exact) mass is 482 g/mol. The number of benzene rings is 3. The molecule has 0 radical (unpaired) electrons. The lowest BCUT2D eigenvalue weighted by molar-refractivity contribution is -0.0212. The van der Waals surface area contributed by atoms with Crippen LogP contribution in [0.1, 0.15) is 34.1 Å². The molecule has 1 atom stereocenters. The normalized spacial score (nSPS) is 16.2. The number of hydrogen-bond acceptors (Lipinski definition) is 5. The molecule has 0 spiro atoms. The van der Waals surface area contributed by atoms with Gasteiger partial charge in [-0.05, 0) is 29.7 Å². The number of rotatable bonds is 7. The Morgan fingerprint density at radius 1 is 0.944 bits per heavy atom. The molecular formula is C29H30N4O3. The first-order valence-corrected chi connectivity index (χ1v) is 12.3. The molecule has 1 amide bonds. The van der Waals surface area contributed by atoms with Gasteiger partial charge in [0.2, 0.25) is 0 Å². The molecule has 1 aliphatic rings. The summed E-state index contributed by atoms with van der Waals surface area (Å²) in [6, 6.07) is 25.0. The molecule has 36 heavy (non-hydrogen) atoms. The van der Waals surface area contributed by atoms with Gasteiger partial charge < -0.3 is 10.1 Å². The van der Waals surface area contributed by atoms with Gasteiger partial charge in [-0.1, -0.05) is 72.8 Å². The number of morpholine rings is 1. The first-order valence-electron chi connectivity index (χ1n) is 12.3. The second kappa shape index (κ2) is 10.8. The zero-order valence-corrected chi connectivity index (χ0v) is 20.4. The fourth-order valence-corrected chi connectivity index (χ4v) is 4.66. The molecule has 1 N–H and O–H groups in total. The average Bonchev–Trinajstić information content (AvgIpc) is 2.90. The van der Waals surface area contributed by atoms with Crippen molar-refractivity contribution in [3.8, 4) is 0 Å². The van der Waals surface area contributed by atoms with Gasteiger partial charge in [0, 0.05) is 31.6 Å². The summed E-state index contributed by atoms with van der Waals surface area (Å²) in [5, 5.41) is 8.53. The van der Waals surface area contributed by atoms with Gasteiger partial charge in [0.25, 0.3) is 11.5 Å². The highest BCUT2D eigenvalue weighted by Gasteiger charge is 2.18. The van der Waals surface area contributed by atoms with Crippen LogP contribution in [-0.2, 0) is 24.4 Å². The molecule has 0 aliphatic carbocycles. The van der Waals surface area contributed by atoms with Gasteiger partial charge >= 0.3 is 0 Å². The molecule has 1 unspecified atom stereocenters. The Balaban J connectivity index is 1.34. The topological polar surface area (TPSA) is 76.5 Å². The van der Waals surface area contributed by atoms with E-state index in [1.54, 1.807) is 18.2 Å². The third-order valence-corrected chi connectivity index (χ3v) is 6.43. The van der Waals surface area contributed by atoms with Crippen LogP contribution in [0.25, 0.3) is 10.8 Å². The lowest BCUT2D eigenvalue weighted by atomic mass is 10.1. The summed E-state index contributed by atoms with van der Waals surface area (Å²) in [5.41, 5.74) is 3.20. The van der Waals surface area contributed by atoms with Crippen LogP contribution >= 0.6 is 0 Å². The molecule has 3 aromatic carbocycles. The smallest absolute Gasteiger partial charge is 0.274 e. The molecule has 0 saturated carbocycles. The van der Waals surface area contributed by atoms with Crippen LogP contribution in [0.5, 0.6) is 0 Å². The van der Waals surface area contributed by atoms with E-state index in [1.807, 2.05) is 48.5 Å². The lowest BCUT2D eigenvalue weighted by Gasteiger charge is -2.31. The predicted octanol–water partition coefficient (Wildman–Crippen LogP) is 3.60. The second-order valence-electron chi connectivity index (χ2n) is 9.26. The molecule has 5 rings (SSSR count). The van der Waals surface area contributed by atoms with Crippen LogP contribution in [0.3, 0.4) is 0 Å². The maximum absolute atomic E-state index is 13.3. The number of fused-ring (bicyclic) bond motifs is 1. The zero-order valence-electron chi connectivity index (χ0n) is 20.4. The van der Waals surface area contributed by atoms with Crippen LogP contribution in [0.4, 0.5) is 0 Å². The Morgan fingerprint density at radius 3 is 2.47 bits per heavy atom. The molecule has 1 aliphatic heterocycles. The van der Waals surface area contributed by atoms with Crippen LogP contribution in [-0.4, -0.2) is 46.4 Å².